The van der Waals surface area contributed by atoms with E-state index in [0.717, 1.165) is 5.56 Å². The Labute approximate surface area is 125 Å². The molecule has 2 N–H and O–H groups in total. The summed E-state index contributed by atoms with van der Waals surface area (Å²) in [5, 5.41) is 14.5. The van der Waals surface area contributed by atoms with Gasteiger partial charge in [-0.05, 0) is 29.8 Å². The number of aromatic hydroxyl groups is 1. The van der Waals surface area contributed by atoms with Crippen LogP contribution in [0.2, 0.25) is 15.1 Å². The summed E-state index contributed by atoms with van der Waals surface area (Å²) in [4.78, 5) is 0. The Balaban J connectivity index is 2.15. The van der Waals surface area contributed by atoms with Crippen LogP contribution in [0.25, 0.3) is 0 Å². The van der Waals surface area contributed by atoms with Crippen molar-refractivity contribution in [1.29, 1.82) is 0 Å². The van der Waals surface area contributed by atoms with E-state index in [4.69, 9.17) is 34.8 Å². The second-order valence-corrected chi connectivity index (χ2v) is 4.96. The van der Waals surface area contributed by atoms with E-state index in [1.165, 1.54) is 0 Å². The Bertz CT molecular complexity index is 606. The molecule has 0 fully saturated rings. The molecule has 0 aliphatic carbocycles. The lowest BCUT2D eigenvalue weighted by atomic mass is 10.2. The Kier molecular flexibility index (Phi) is 4.53. The fourth-order valence-electron chi connectivity index (χ4n) is 1.43. The molecular formula is C13H9Cl3N2O. The van der Waals surface area contributed by atoms with E-state index >= 15 is 0 Å². The highest BCUT2D eigenvalue weighted by Gasteiger charge is 2.06. The van der Waals surface area contributed by atoms with Gasteiger partial charge in [-0.15, -0.1) is 0 Å². The number of phenols is 1. The molecule has 3 nitrogen and oxygen atoms in total. The smallest absolute Gasteiger partial charge is 0.116 e. The van der Waals surface area contributed by atoms with Gasteiger partial charge in [0.25, 0.3) is 0 Å². The maximum absolute atomic E-state index is 9.31. The van der Waals surface area contributed by atoms with Gasteiger partial charge in [0, 0.05) is 5.02 Å². The van der Waals surface area contributed by atoms with Gasteiger partial charge in [0.1, 0.15) is 5.75 Å². The molecule has 2 aromatic rings. The van der Waals surface area contributed by atoms with Crippen molar-refractivity contribution >= 4 is 46.7 Å². The summed E-state index contributed by atoms with van der Waals surface area (Å²) in [7, 11) is 0. The van der Waals surface area contributed by atoms with Crippen molar-refractivity contribution < 1.29 is 5.11 Å². The highest BCUT2D eigenvalue weighted by molar-refractivity contribution is 6.41. The lowest BCUT2D eigenvalue weighted by Crippen LogP contribution is -1.92. The van der Waals surface area contributed by atoms with E-state index in [1.54, 1.807) is 42.6 Å². The molecule has 6 heteroatoms. The third kappa shape index (κ3) is 3.77. The van der Waals surface area contributed by atoms with E-state index in [1.807, 2.05) is 0 Å². The molecule has 0 unspecified atom stereocenters. The first-order valence-corrected chi connectivity index (χ1v) is 6.42. The molecule has 0 amide bonds. The lowest BCUT2D eigenvalue weighted by Gasteiger charge is -2.06. The van der Waals surface area contributed by atoms with Gasteiger partial charge in [0.05, 0.1) is 21.9 Å². The molecule has 0 radical (unpaired) electrons. The molecule has 0 aliphatic rings. The standard InChI is InChI=1S/C13H9Cl3N2O/c14-9-5-11(15)13(12(16)6-9)18-17-7-8-2-1-3-10(19)4-8/h1-7,18-19H. The Morgan fingerprint density at radius 3 is 2.37 bits per heavy atom. The van der Waals surface area contributed by atoms with E-state index in [-0.39, 0.29) is 5.75 Å². The van der Waals surface area contributed by atoms with E-state index in [0.29, 0.717) is 20.8 Å². The minimum absolute atomic E-state index is 0.173. The van der Waals surface area contributed by atoms with Gasteiger partial charge in [-0.2, -0.15) is 5.10 Å². The van der Waals surface area contributed by atoms with Crippen LogP contribution in [0.1, 0.15) is 5.56 Å². The van der Waals surface area contributed by atoms with Gasteiger partial charge >= 0.3 is 0 Å². The summed E-state index contributed by atoms with van der Waals surface area (Å²) in [6.45, 7) is 0. The first kappa shape index (κ1) is 14.0. The zero-order valence-corrected chi connectivity index (χ0v) is 11.8. The molecule has 98 valence electrons. The number of nitrogens with one attached hydrogen (secondary N) is 1. The fraction of sp³-hybridized carbons (Fsp3) is 0. The average molecular weight is 316 g/mol. The normalized spacial score (nSPS) is 10.9. The van der Waals surface area contributed by atoms with Gasteiger partial charge in [0.15, 0.2) is 0 Å². The molecule has 0 saturated heterocycles. The first-order valence-electron chi connectivity index (χ1n) is 5.29. The van der Waals surface area contributed by atoms with Crippen LogP contribution < -0.4 is 5.43 Å². The fourth-order valence-corrected chi connectivity index (χ4v) is 2.33. The minimum Gasteiger partial charge on any atom is -0.508 e. The number of nitrogens with zero attached hydrogens (tertiary/aromatic N) is 1. The second-order valence-electron chi connectivity index (χ2n) is 3.71. The van der Waals surface area contributed by atoms with Crippen molar-refractivity contribution in [1.82, 2.24) is 0 Å². The zero-order chi connectivity index (χ0) is 13.8. The maximum Gasteiger partial charge on any atom is 0.116 e. The van der Waals surface area contributed by atoms with Gasteiger partial charge in [-0.3, -0.25) is 5.43 Å². The van der Waals surface area contributed by atoms with Crippen LogP contribution in [0, 0.1) is 0 Å². The van der Waals surface area contributed by atoms with Crippen LogP contribution in [-0.2, 0) is 0 Å². The molecule has 0 atom stereocenters. The highest BCUT2D eigenvalue weighted by Crippen LogP contribution is 2.33. The van der Waals surface area contributed by atoms with Gasteiger partial charge in [-0.1, -0.05) is 46.9 Å². The largest absolute Gasteiger partial charge is 0.508 e. The third-order valence-corrected chi connectivity index (χ3v) is 3.08. The predicted molar refractivity (Wildman–Crippen MR) is 80.8 cm³/mol. The number of hydrogen-bond acceptors (Lipinski definition) is 3. The van der Waals surface area contributed by atoms with Gasteiger partial charge < -0.3 is 5.11 Å². The minimum atomic E-state index is 0.173. The average Bonchev–Trinajstić information content (AvgIpc) is 2.32. The van der Waals surface area contributed by atoms with Crippen molar-refractivity contribution in [2.45, 2.75) is 0 Å². The van der Waals surface area contributed by atoms with Crippen LogP contribution in [0.3, 0.4) is 0 Å². The number of anilines is 1. The number of phenolic OH excluding ortho intramolecular Hbond substituents is 1. The first-order chi connectivity index (χ1) is 9.06. The summed E-state index contributed by atoms with van der Waals surface area (Å²) < 4.78 is 0. The molecule has 0 heterocycles. The number of halogens is 3. The van der Waals surface area contributed by atoms with Crippen molar-refractivity contribution in [3.8, 4) is 5.75 Å². The second kappa shape index (κ2) is 6.15. The predicted octanol–water partition coefficient (Wildman–Crippen LogP) is 4.80. The topological polar surface area (TPSA) is 44.6 Å². The van der Waals surface area contributed by atoms with Crippen molar-refractivity contribution in [3.05, 3.63) is 57.0 Å². The maximum atomic E-state index is 9.31. The Morgan fingerprint density at radius 2 is 1.74 bits per heavy atom. The summed E-state index contributed by atoms with van der Waals surface area (Å²) in [6, 6.07) is 9.82. The van der Waals surface area contributed by atoms with Crippen LogP contribution in [0.15, 0.2) is 41.5 Å². The van der Waals surface area contributed by atoms with Gasteiger partial charge in [0.2, 0.25) is 0 Å². The number of hydrazone groups is 1. The van der Waals surface area contributed by atoms with Crippen LogP contribution in [-0.4, -0.2) is 11.3 Å². The highest BCUT2D eigenvalue weighted by atomic mass is 35.5. The van der Waals surface area contributed by atoms with E-state index in [9.17, 15) is 5.11 Å². The quantitative estimate of drug-likeness (QED) is 0.631. The molecule has 0 saturated carbocycles. The van der Waals surface area contributed by atoms with E-state index < -0.39 is 0 Å². The van der Waals surface area contributed by atoms with Crippen LogP contribution in [0.5, 0.6) is 5.75 Å². The van der Waals surface area contributed by atoms with Crippen LogP contribution in [0.4, 0.5) is 5.69 Å². The zero-order valence-electron chi connectivity index (χ0n) is 9.57. The monoisotopic (exact) mass is 314 g/mol. The molecule has 0 aliphatic heterocycles. The third-order valence-electron chi connectivity index (χ3n) is 2.27. The molecule has 0 spiro atoms. The van der Waals surface area contributed by atoms with E-state index in [2.05, 4.69) is 10.5 Å². The summed E-state index contributed by atoms with van der Waals surface area (Å²) in [6.07, 6.45) is 1.54. The SMILES string of the molecule is Oc1cccc(C=NNc2c(Cl)cc(Cl)cc2Cl)c1. The van der Waals surface area contributed by atoms with Gasteiger partial charge in [-0.25, -0.2) is 0 Å². The molecular weight excluding hydrogens is 307 g/mol. The van der Waals surface area contributed by atoms with Crippen molar-refractivity contribution in [2.75, 3.05) is 5.43 Å². The Morgan fingerprint density at radius 1 is 1.05 bits per heavy atom. The molecule has 0 bridgehead atoms. The number of rotatable bonds is 3. The molecule has 2 rings (SSSR count). The van der Waals surface area contributed by atoms with Crippen LogP contribution >= 0.6 is 34.8 Å². The molecule has 2 aromatic carbocycles. The summed E-state index contributed by atoms with van der Waals surface area (Å²) in [5.41, 5.74) is 3.96. The summed E-state index contributed by atoms with van der Waals surface area (Å²) >= 11 is 17.8. The molecule has 19 heavy (non-hydrogen) atoms. The van der Waals surface area contributed by atoms with Crippen molar-refractivity contribution in [3.63, 3.8) is 0 Å². The summed E-state index contributed by atoms with van der Waals surface area (Å²) in [5.74, 6) is 0.173. The Hall–Kier alpha value is -1.42. The molecule has 0 aromatic heterocycles. The number of benzene rings is 2. The number of hydrogen-bond donors (Lipinski definition) is 2. The lowest BCUT2D eigenvalue weighted by molar-refractivity contribution is 0.475. The van der Waals surface area contributed by atoms with Crippen molar-refractivity contribution in [2.24, 2.45) is 5.10 Å².